The molecule has 0 unspecified atom stereocenters. The van der Waals surface area contributed by atoms with Crippen LogP contribution in [0.15, 0.2) is 17.4 Å². The highest BCUT2D eigenvalue weighted by Gasteiger charge is 2.07. The summed E-state index contributed by atoms with van der Waals surface area (Å²) in [6.45, 7) is 10.8. The van der Waals surface area contributed by atoms with E-state index in [9.17, 15) is 0 Å². The zero-order valence-electron chi connectivity index (χ0n) is 15.0. The summed E-state index contributed by atoms with van der Waals surface area (Å²) in [5, 5.41) is 7.68. The van der Waals surface area contributed by atoms with Crippen molar-refractivity contribution in [2.45, 2.75) is 47.3 Å². The van der Waals surface area contributed by atoms with Gasteiger partial charge in [-0.05, 0) is 19.8 Å². The molecular formula is C16H27IN6S. The highest BCUT2D eigenvalue weighted by Crippen LogP contribution is 2.15. The fraction of sp³-hybridized carbons (Fsp3) is 0.562. The Labute approximate surface area is 165 Å². The number of hydrogen-bond acceptors (Lipinski definition) is 4. The molecule has 0 fully saturated rings. The van der Waals surface area contributed by atoms with Crippen LogP contribution in [-0.4, -0.2) is 27.5 Å². The third-order valence-corrected chi connectivity index (χ3v) is 4.55. The number of guanidine groups is 1. The Bertz CT molecular complexity index is 642. The number of aryl methyl sites for hydroxylation is 2. The Morgan fingerprint density at radius 3 is 2.58 bits per heavy atom. The van der Waals surface area contributed by atoms with Crippen molar-refractivity contribution in [2.75, 3.05) is 7.05 Å². The van der Waals surface area contributed by atoms with E-state index < -0.39 is 0 Å². The normalized spacial score (nSPS) is 11.5. The molecule has 6 nitrogen and oxygen atoms in total. The van der Waals surface area contributed by atoms with Crippen molar-refractivity contribution >= 4 is 41.3 Å². The van der Waals surface area contributed by atoms with Crippen LogP contribution in [-0.2, 0) is 19.6 Å². The summed E-state index contributed by atoms with van der Waals surface area (Å²) in [7, 11) is 1.77. The van der Waals surface area contributed by atoms with E-state index in [0.717, 1.165) is 29.0 Å². The van der Waals surface area contributed by atoms with Crippen LogP contribution in [0.4, 0.5) is 0 Å². The van der Waals surface area contributed by atoms with Crippen LogP contribution >= 0.6 is 35.3 Å². The lowest BCUT2D eigenvalue weighted by Gasteiger charge is -2.13. The fourth-order valence-corrected chi connectivity index (χ4v) is 3.10. The van der Waals surface area contributed by atoms with Gasteiger partial charge in [-0.1, -0.05) is 13.8 Å². The van der Waals surface area contributed by atoms with E-state index >= 15 is 0 Å². The smallest absolute Gasteiger partial charge is 0.191 e. The summed E-state index contributed by atoms with van der Waals surface area (Å²) in [6, 6.07) is 0. The van der Waals surface area contributed by atoms with Gasteiger partial charge in [-0.25, -0.2) is 9.97 Å². The van der Waals surface area contributed by atoms with Crippen molar-refractivity contribution in [1.29, 1.82) is 0 Å². The number of aliphatic imine (C=N–C) groups is 1. The summed E-state index contributed by atoms with van der Waals surface area (Å²) in [4.78, 5) is 14.5. The molecule has 0 aliphatic rings. The van der Waals surface area contributed by atoms with Crippen LogP contribution in [0, 0.1) is 19.8 Å². The van der Waals surface area contributed by atoms with Gasteiger partial charge >= 0.3 is 0 Å². The first-order chi connectivity index (χ1) is 11.0. The Hall–Kier alpha value is -1.16. The number of halogens is 1. The lowest BCUT2D eigenvalue weighted by molar-refractivity contribution is 0.503. The number of aromatic nitrogens is 3. The van der Waals surface area contributed by atoms with Gasteiger partial charge < -0.3 is 15.2 Å². The maximum absolute atomic E-state index is 4.53. The average molecular weight is 462 g/mol. The van der Waals surface area contributed by atoms with E-state index in [4.69, 9.17) is 0 Å². The molecule has 0 atom stereocenters. The fourth-order valence-electron chi connectivity index (χ4n) is 2.22. The molecule has 0 radical (unpaired) electrons. The minimum Gasteiger partial charge on any atom is -0.350 e. The number of imidazole rings is 1. The van der Waals surface area contributed by atoms with Crippen LogP contribution in [0.5, 0.6) is 0 Å². The maximum atomic E-state index is 4.53. The van der Waals surface area contributed by atoms with Gasteiger partial charge in [0, 0.05) is 30.9 Å². The van der Waals surface area contributed by atoms with E-state index in [1.807, 2.05) is 19.3 Å². The topological polar surface area (TPSA) is 67.1 Å². The highest BCUT2D eigenvalue weighted by molar-refractivity contribution is 14.0. The van der Waals surface area contributed by atoms with Crippen LogP contribution in [0.2, 0.25) is 0 Å². The molecule has 24 heavy (non-hydrogen) atoms. The number of rotatable bonds is 6. The number of hydrogen-bond donors (Lipinski definition) is 2. The molecule has 134 valence electrons. The summed E-state index contributed by atoms with van der Waals surface area (Å²) < 4.78 is 2.18. The van der Waals surface area contributed by atoms with Gasteiger partial charge in [-0.3, -0.25) is 4.99 Å². The second-order valence-electron chi connectivity index (χ2n) is 5.92. The first kappa shape index (κ1) is 20.9. The molecule has 0 aliphatic heterocycles. The van der Waals surface area contributed by atoms with Gasteiger partial charge in [0.1, 0.15) is 10.8 Å². The van der Waals surface area contributed by atoms with Gasteiger partial charge in [0.15, 0.2) is 5.96 Å². The van der Waals surface area contributed by atoms with E-state index in [1.165, 1.54) is 4.88 Å². The van der Waals surface area contributed by atoms with Crippen LogP contribution in [0.1, 0.15) is 35.3 Å². The second kappa shape index (κ2) is 9.97. The molecule has 0 aliphatic carbocycles. The third kappa shape index (κ3) is 6.04. The van der Waals surface area contributed by atoms with Gasteiger partial charge in [-0.2, -0.15) is 0 Å². The standard InChI is InChI=1S/C16H26N6S.HI/c1-11(2)10-22-7-6-18-14(22)8-19-16(17-5)20-9-15-21-12(3)13(4)23-15;/h6-7,11H,8-10H2,1-5H3,(H2,17,19,20);1H. The Kier molecular flexibility index (Phi) is 8.68. The Morgan fingerprint density at radius 1 is 1.29 bits per heavy atom. The molecule has 0 amide bonds. The molecule has 8 heteroatoms. The lowest BCUT2D eigenvalue weighted by atomic mass is 10.2. The summed E-state index contributed by atoms with van der Waals surface area (Å²) in [5.74, 6) is 2.37. The molecule has 0 spiro atoms. The number of nitrogens with one attached hydrogen (secondary N) is 2. The predicted molar refractivity (Wildman–Crippen MR) is 111 cm³/mol. The Balaban J connectivity index is 0.00000288. The minimum atomic E-state index is 0. The van der Waals surface area contributed by atoms with Gasteiger partial charge in [0.05, 0.1) is 18.8 Å². The summed E-state index contributed by atoms with van der Waals surface area (Å²) >= 11 is 1.72. The van der Waals surface area contributed by atoms with Crippen molar-refractivity contribution in [3.8, 4) is 0 Å². The molecule has 0 saturated heterocycles. The van der Waals surface area contributed by atoms with E-state index in [2.05, 4.69) is 50.9 Å². The summed E-state index contributed by atoms with van der Waals surface area (Å²) in [6.07, 6.45) is 3.87. The van der Waals surface area contributed by atoms with Crippen molar-refractivity contribution < 1.29 is 0 Å². The zero-order chi connectivity index (χ0) is 16.8. The Morgan fingerprint density at radius 2 is 2.00 bits per heavy atom. The zero-order valence-corrected chi connectivity index (χ0v) is 18.1. The SMILES string of the molecule is CN=C(NCc1nc(C)c(C)s1)NCc1nccn1CC(C)C.I. The van der Waals surface area contributed by atoms with Crippen molar-refractivity contribution in [1.82, 2.24) is 25.2 Å². The van der Waals surface area contributed by atoms with E-state index in [0.29, 0.717) is 19.0 Å². The predicted octanol–water partition coefficient (Wildman–Crippen LogP) is 3.10. The van der Waals surface area contributed by atoms with Crippen molar-refractivity contribution in [2.24, 2.45) is 10.9 Å². The lowest BCUT2D eigenvalue weighted by Crippen LogP contribution is -2.37. The van der Waals surface area contributed by atoms with E-state index in [1.54, 1.807) is 18.4 Å². The minimum absolute atomic E-state index is 0. The first-order valence-electron chi connectivity index (χ1n) is 7.87. The van der Waals surface area contributed by atoms with Crippen LogP contribution in [0.3, 0.4) is 0 Å². The molecule has 2 aromatic rings. The molecule has 0 saturated carbocycles. The van der Waals surface area contributed by atoms with Gasteiger partial charge in [-0.15, -0.1) is 35.3 Å². The van der Waals surface area contributed by atoms with Gasteiger partial charge in [0.25, 0.3) is 0 Å². The largest absolute Gasteiger partial charge is 0.350 e. The van der Waals surface area contributed by atoms with Crippen LogP contribution in [0.25, 0.3) is 0 Å². The third-order valence-electron chi connectivity index (χ3n) is 3.48. The summed E-state index contributed by atoms with van der Waals surface area (Å²) in [5.41, 5.74) is 1.10. The van der Waals surface area contributed by atoms with Crippen molar-refractivity contribution in [3.05, 3.63) is 33.8 Å². The molecule has 2 rings (SSSR count). The highest BCUT2D eigenvalue weighted by atomic mass is 127. The molecule has 2 heterocycles. The molecule has 2 aromatic heterocycles. The maximum Gasteiger partial charge on any atom is 0.191 e. The average Bonchev–Trinajstić information content (AvgIpc) is 3.06. The number of nitrogens with zero attached hydrogens (tertiary/aromatic N) is 4. The van der Waals surface area contributed by atoms with Crippen LogP contribution < -0.4 is 10.6 Å². The van der Waals surface area contributed by atoms with Crippen molar-refractivity contribution in [3.63, 3.8) is 0 Å². The number of thiazole rings is 1. The molecule has 0 bridgehead atoms. The molecule has 0 aromatic carbocycles. The monoisotopic (exact) mass is 462 g/mol. The molecule has 2 N–H and O–H groups in total. The quantitative estimate of drug-likeness (QED) is 0.394. The van der Waals surface area contributed by atoms with E-state index in [-0.39, 0.29) is 24.0 Å². The van der Waals surface area contributed by atoms with Gasteiger partial charge in [0.2, 0.25) is 0 Å². The second-order valence-corrected chi connectivity index (χ2v) is 7.21. The first-order valence-corrected chi connectivity index (χ1v) is 8.68. The molecular weight excluding hydrogens is 435 g/mol.